The Hall–Kier alpha value is -2.92. The number of hydrogen-bond acceptors (Lipinski definition) is 4. The summed E-state index contributed by atoms with van der Waals surface area (Å²) in [6.07, 6.45) is 9.27. The summed E-state index contributed by atoms with van der Waals surface area (Å²) in [6.45, 7) is 0. The Bertz CT molecular complexity index is 779. The monoisotopic (exact) mass is 319 g/mol. The van der Waals surface area contributed by atoms with Gasteiger partial charge < -0.3 is 0 Å². The minimum absolute atomic E-state index is 0.0425. The van der Waals surface area contributed by atoms with Crippen LogP contribution in [-0.2, 0) is 0 Å². The SMILES string of the molecule is N#CC1(C#N)CC=CC(c2ccc([N+](=O)[O-])cc2)[C@@H]2CCCC=C21. The second-order valence-corrected chi connectivity index (χ2v) is 6.33. The Labute approximate surface area is 140 Å². The van der Waals surface area contributed by atoms with Gasteiger partial charge in [-0.2, -0.15) is 10.5 Å². The molecular formula is C19H17N3O2. The molecule has 2 aliphatic carbocycles. The largest absolute Gasteiger partial charge is 0.269 e. The van der Waals surface area contributed by atoms with Crippen molar-refractivity contribution in [1.82, 2.24) is 0 Å². The second-order valence-electron chi connectivity index (χ2n) is 6.33. The second kappa shape index (κ2) is 6.29. The van der Waals surface area contributed by atoms with Crippen LogP contribution < -0.4 is 0 Å². The summed E-state index contributed by atoms with van der Waals surface area (Å²) >= 11 is 0. The van der Waals surface area contributed by atoms with Crippen molar-refractivity contribution in [3.8, 4) is 12.1 Å². The topological polar surface area (TPSA) is 90.7 Å². The summed E-state index contributed by atoms with van der Waals surface area (Å²) in [6, 6.07) is 11.1. The maximum absolute atomic E-state index is 10.8. The van der Waals surface area contributed by atoms with Crippen molar-refractivity contribution in [2.24, 2.45) is 11.3 Å². The molecule has 0 amide bonds. The summed E-state index contributed by atoms with van der Waals surface area (Å²) in [5, 5.41) is 30.1. The van der Waals surface area contributed by atoms with Gasteiger partial charge in [-0.1, -0.05) is 30.4 Å². The van der Waals surface area contributed by atoms with Crippen LogP contribution in [0.15, 0.2) is 48.1 Å². The van der Waals surface area contributed by atoms with Crippen LogP contribution in [0.25, 0.3) is 0 Å². The molecule has 0 saturated heterocycles. The number of non-ortho nitro benzene ring substituents is 1. The number of rotatable bonds is 2. The number of fused-ring (bicyclic) bond motifs is 1. The lowest BCUT2D eigenvalue weighted by atomic mass is 9.67. The smallest absolute Gasteiger partial charge is 0.258 e. The fraction of sp³-hybridized carbons (Fsp3) is 0.368. The molecular weight excluding hydrogens is 302 g/mol. The molecule has 1 aromatic rings. The van der Waals surface area contributed by atoms with Crippen LogP contribution in [0.2, 0.25) is 0 Å². The number of allylic oxidation sites excluding steroid dienone is 4. The quantitative estimate of drug-likeness (QED) is 0.459. The van der Waals surface area contributed by atoms with Gasteiger partial charge in [0.25, 0.3) is 5.69 Å². The van der Waals surface area contributed by atoms with Crippen LogP contribution >= 0.6 is 0 Å². The zero-order valence-corrected chi connectivity index (χ0v) is 13.2. The Kier molecular flexibility index (Phi) is 4.18. The molecule has 1 unspecified atom stereocenters. The zero-order chi connectivity index (χ0) is 17.2. The van der Waals surface area contributed by atoms with Crippen molar-refractivity contribution < 1.29 is 4.92 Å². The van der Waals surface area contributed by atoms with E-state index in [2.05, 4.69) is 24.3 Å². The molecule has 120 valence electrons. The first-order chi connectivity index (χ1) is 11.6. The van der Waals surface area contributed by atoms with E-state index < -0.39 is 10.3 Å². The molecule has 2 atom stereocenters. The fourth-order valence-corrected chi connectivity index (χ4v) is 3.82. The van der Waals surface area contributed by atoms with Crippen LogP contribution in [0.5, 0.6) is 0 Å². The highest BCUT2D eigenvalue weighted by molar-refractivity contribution is 5.44. The van der Waals surface area contributed by atoms with Gasteiger partial charge in [0.15, 0.2) is 5.41 Å². The average Bonchev–Trinajstić information content (AvgIpc) is 2.79. The van der Waals surface area contributed by atoms with Crippen LogP contribution in [0, 0.1) is 44.1 Å². The number of hydrogen-bond donors (Lipinski definition) is 0. The molecule has 0 bridgehead atoms. The van der Waals surface area contributed by atoms with E-state index in [0.29, 0.717) is 6.42 Å². The Morgan fingerprint density at radius 1 is 1.21 bits per heavy atom. The van der Waals surface area contributed by atoms with Gasteiger partial charge in [0.2, 0.25) is 0 Å². The van der Waals surface area contributed by atoms with Gasteiger partial charge in [0.1, 0.15) is 0 Å². The van der Waals surface area contributed by atoms with E-state index >= 15 is 0 Å². The van der Waals surface area contributed by atoms with Crippen molar-refractivity contribution in [2.45, 2.75) is 31.6 Å². The maximum Gasteiger partial charge on any atom is 0.269 e. The summed E-state index contributed by atoms with van der Waals surface area (Å²) in [7, 11) is 0. The highest BCUT2D eigenvalue weighted by Crippen LogP contribution is 2.49. The Morgan fingerprint density at radius 3 is 2.54 bits per heavy atom. The summed E-state index contributed by atoms with van der Waals surface area (Å²) in [4.78, 5) is 10.4. The molecule has 0 aromatic heterocycles. The molecule has 0 aliphatic heterocycles. The van der Waals surface area contributed by atoms with Gasteiger partial charge in [-0.05, 0) is 36.3 Å². The number of nitro benzene ring substituents is 1. The van der Waals surface area contributed by atoms with E-state index in [1.165, 1.54) is 12.1 Å². The lowest BCUT2D eigenvalue weighted by Gasteiger charge is -2.33. The molecule has 5 heteroatoms. The molecule has 0 saturated carbocycles. The lowest BCUT2D eigenvalue weighted by Crippen LogP contribution is -2.27. The molecule has 0 N–H and O–H groups in total. The average molecular weight is 319 g/mol. The van der Waals surface area contributed by atoms with Crippen molar-refractivity contribution in [2.75, 3.05) is 0 Å². The van der Waals surface area contributed by atoms with Crippen molar-refractivity contribution in [1.29, 1.82) is 10.5 Å². The fourth-order valence-electron chi connectivity index (χ4n) is 3.82. The molecule has 0 fully saturated rings. The molecule has 0 heterocycles. The molecule has 5 nitrogen and oxygen atoms in total. The number of nitriles is 2. The Balaban J connectivity index is 2.03. The molecule has 24 heavy (non-hydrogen) atoms. The third-order valence-corrected chi connectivity index (χ3v) is 5.05. The van der Waals surface area contributed by atoms with Crippen molar-refractivity contribution in [3.05, 3.63) is 63.7 Å². The highest BCUT2D eigenvalue weighted by Gasteiger charge is 2.43. The third-order valence-electron chi connectivity index (χ3n) is 5.05. The first kappa shape index (κ1) is 16.0. The Morgan fingerprint density at radius 2 is 1.92 bits per heavy atom. The van der Waals surface area contributed by atoms with Gasteiger partial charge in [0.05, 0.1) is 17.1 Å². The minimum Gasteiger partial charge on any atom is -0.258 e. The van der Waals surface area contributed by atoms with E-state index in [1.54, 1.807) is 12.1 Å². The van der Waals surface area contributed by atoms with Crippen LogP contribution in [0.1, 0.15) is 37.2 Å². The van der Waals surface area contributed by atoms with E-state index in [1.807, 2.05) is 6.08 Å². The summed E-state index contributed by atoms with van der Waals surface area (Å²) in [5.74, 6) is 0.138. The van der Waals surface area contributed by atoms with Crippen LogP contribution in [-0.4, -0.2) is 4.92 Å². The molecule has 0 spiro atoms. The standard InChI is InChI=1S/C19H17N3O2/c20-12-19(13-21)11-3-5-16(17-4-1-2-6-18(17)19)14-7-9-15(10-8-14)22(23)24/h3,5-10,16-17H,1-2,4,11H2/t16?,17-/m0/s1. The maximum atomic E-state index is 10.8. The number of nitrogens with zero attached hydrogens (tertiary/aromatic N) is 3. The lowest BCUT2D eigenvalue weighted by molar-refractivity contribution is -0.384. The van der Waals surface area contributed by atoms with Gasteiger partial charge in [-0.3, -0.25) is 10.1 Å². The first-order valence-electron chi connectivity index (χ1n) is 8.05. The molecule has 3 rings (SSSR count). The van der Waals surface area contributed by atoms with E-state index in [0.717, 1.165) is 30.4 Å². The van der Waals surface area contributed by atoms with Crippen LogP contribution in [0.4, 0.5) is 5.69 Å². The third kappa shape index (κ3) is 2.59. The molecule has 1 aromatic carbocycles. The zero-order valence-electron chi connectivity index (χ0n) is 13.2. The van der Waals surface area contributed by atoms with Crippen molar-refractivity contribution in [3.63, 3.8) is 0 Å². The molecule has 0 radical (unpaired) electrons. The predicted molar refractivity (Wildman–Crippen MR) is 88.7 cm³/mol. The molecule has 2 aliphatic rings. The van der Waals surface area contributed by atoms with Gasteiger partial charge in [-0.25, -0.2) is 0 Å². The summed E-state index contributed by atoms with van der Waals surface area (Å²) < 4.78 is 0. The van der Waals surface area contributed by atoms with Gasteiger partial charge in [0, 0.05) is 24.5 Å². The predicted octanol–water partition coefficient (Wildman–Crippen LogP) is 4.40. The number of nitro groups is 1. The number of benzene rings is 1. The summed E-state index contributed by atoms with van der Waals surface area (Å²) in [5.41, 5.74) is 0.893. The van der Waals surface area contributed by atoms with E-state index in [4.69, 9.17) is 0 Å². The minimum atomic E-state index is -1.09. The van der Waals surface area contributed by atoms with Gasteiger partial charge >= 0.3 is 0 Å². The normalized spacial score (nSPS) is 24.7. The van der Waals surface area contributed by atoms with Gasteiger partial charge in [-0.15, -0.1) is 0 Å². The van der Waals surface area contributed by atoms with Crippen LogP contribution in [0.3, 0.4) is 0 Å². The highest BCUT2D eigenvalue weighted by atomic mass is 16.6. The first-order valence-corrected chi connectivity index (χ1v) is 8.05. The van der Waals surface area contributed by atoms with E-state index in [-0.39, 0.29) is 17.5 Å². The van der Waals surface area contributed by atoms with E-state index in [9.17, 15) is 20.6 Å². The van der Waals surface area contributed by atoms with Crippen molar-refractivity contribution >= 4 is 5.69 Å².